The van der Waals surface area contributed by atoms with Gasteiger partial charge in [0.05, 0.1) is 4.92 Å². The molecule has 2 N–H and O–H groups in total. The number of anilines is 1. The van der Waals surface area contributed by atoms with Crippen LogP contribution in [0.2, 0.25) is 0 Å². The van der Waals surface area contributed by atoms with Crippen LogP contribution in [-0.2, 0) is 0 Å². The number of aryl methyl sites for hydroxylation is 1. The number of pyridine rings is 1. The average molecular weight is 303 g/mol. The van der Waals surface area contributed by atoms with Gasteiger partial charge in [-0.3, -0.25) is 10.1 Å². The Morgan fingerprint density at radius 1 is 1.41 bits per heavy atom. The summed E-state index contributed by atoms with van der Waals surface area (Å²) in [6.07, 6.45) is 0.632. The molecule has 0 aliphatic rings. The number of nitrogens with zero attached hydrogens (tertiary/aromatic N) is 2. The van der Waals surface area contributed by atoms with Gasteiger partial charge in [-0.15, -0.1) is 0 Å². The maximum atomic E-state index is 10.8. The molecule has 0 fully saturated rings. The van der Waals surface area contributed by atoms with Crippen LogP contribution >= 0.6 is 0 Å². The second-order valence-electron chi connectivity index (χ2n) is 4.79. The summed E-state index contributed by atoms with van der Waals surface area (Å²) in [5.41, 5.74) is 0.934. The molecule has 0 bridgehead atoms. The number of hydrogen-bond donors (Lipinski definition) is 2. The fourth-order valence-electron chi connectivity index (χ4n) is 1.85. The molecule has 0 aliphatic carbocycles. The van der Waals surface area contributed by atoms with Crippen molar-refractivity contribution in [3.05, 3.63) is 58.3 Å². The van der Waals surface area contributed by atoms with Gasteiger partial charge in [-0.2, -0.15) is 0 Å². The number of rotatable bonds is 7. The number of hydrogen-bond acceptors (Lipinski definition) is 6. The Balaban J connectivity index is 1.85. The Hall–Kier alpha value is -2.67. The van der Waals surface area contributed by atoms with Gasteiger partial charge in [-0.25, -0.2) is 4.98 Å². The van der Waals surface area contributed by atoms with Crippen LogP contribution in [0.15, 0.2) is 42.6 Å². The zero-order chi connectivity index (χ0) is 15.9. The van der Waals surface area contributed by atoms with E-state index in [1.165, 1.54) is 18.3 Å². The van der Waals surface area contributed by atoms with Crippen molar-refractivity contribution in [1.29, 1.82) is 0 Å². The van der Waals surface area contributed by atoms with Crippen molar-refractivity contribution in [2.75, 3.05) is 18.5 Å². The monoisotopic (exact) mass is 303 g/mol. The Kier molecular flexibility index (Phi) is 5.26. The van der Waals surface area contributed by atoms with Gasteiger partial charge in [-0.1, -0.05) is 12.1 Å². The number of benzene rings is 1. The van der Waals surface area contributed by atoms with Crippen molar-refractivity contribution < 1.29 is 14.8 Å². The molecule has 0 aliphatic heterocycles. The second kappa shape index (κ2) is 7.37. The van der Waals surface area contributed by atoms with E-state index in [1.54, 1.807) is 6.07 Å². The summed E-state index contributed by atoms with van der Waals surface area (Å²) in [6.45, 7) is 2.13. The maximum absolute atomic E-state index is 10.8. The van der Waals surface area contributed by atoms with E-state index < -0.39 is 11.0 Å². The zero-order valence-corrected chi connectivity index (χ0v) is 12.1. The molecule has 116 valence electrons. The molecule has 22 heavy (non-hydrogen) atoms. The highest BCUT2D eigenvalue weighted by molar-refractivity contribution is 5.55. The molecule has 7 nitrogen and oxygen atoms in total. The number of ether oxygens (including phenoxy) is 1. The second-order valence-corrected chi connectivity index (χ2v) is 4.79. The lowest BCUT2D eigenvalue weighted by atomic mass is 10.2. The van der Waals surface area contributed by atoms with Crippen molar-refractivity contribution in [2.24, 2.45) is 0 Å². The standard InChI is InChI=1S/C15H17N3O4/c1-11-4-2-5-13(8-11)22-10-12(19)9-17-15-14(18(20)21)6-3-7-16-15/h2-8,12,19H,9-10H2,1H3,(H,16,17)/t12-/m1/s1. The van der Waals surface area contributed by atoms with Gasteiger partial charge >= 0.3 is 5.69 Å². The number of aliphatic hydroxyl groups excluding tert-OH is 1. The van der Waals surface area contributed by atoms with Crippen LogP contribution in [0.1, 0.15) is 5.56 Å². The van der Waals surface area contributed by atoms with E-state index in [9.17, 15) is 15.2 Å². The fraction of sp³-hybridized carbons (Fsp3) is 0.267. The van der Waals surface area contributed by atoms with E-state index in [2.05, 4.69) is 10.3 Å². The van der Waals surface area contributed by atoms with Crippen molar-refractivity contribution in [3.8, 4) is 5.75 Å². The summed E-state index contributed by atoms with van der Waals surface area (Å²) in [5, 5.41) is 23.5. The van der Waals surface area contributed by atoms with Gasteiger partial charge in [0.2, 0.25) is 5.82 Å². The van der Waals surface area contributed by atoms with Crippen LogP contribution in [0.5, 0.6) is 5.75 Å². The largest absolute Gasteiger partial charge is 0.491 e. The first-order valence-corrected chi connectivity index (χ1v) is 6.77. The summed E-state index contributed by atoms with van der Waals surface area (Å²) in [5.74, 6) is 0.796. The highest BCUT2D eigenvalue weighted by Gasteiger charge is 2.15. The van der Waals surface area contributed by atoms with Gasteiger partial charge < -0.3 is 15.2 Å². The van der Waals surface area contributed by atoms with Gasteiger partial charge in [0, 0.05) is 18.8 Å². The third-order valence-corrected chi connectivity index (χ3v) is 2.92. The fourth-order valence-corrected chi connectivity index (χ4v) is 1.85. The summed E-state index contributed by atoms with van der Waals surface area (Å²) >= 11 is 0. The molecule has 1 heterocycles. The maximum Gasteiger partial charge on any atom is 0.311 e. The first-order valence-electron chi connectivity index (χ1n) is 6.77. The number of aliphatic hydroxyl groups is 1. The predicted octanol–water partition coefficient (Wildman–Crippen LogP) is 2.15. The molecule has 2 aromatic rings. The third kappa shape index (κ3) is 4.42. The average Bonchev–Trinajstić information content (AvgIpc) is 2.51. The van der Waals surface area contributed by atoms with E-state index in [1.807, 2.05) is 25.1 Å². The predicted molar refractivity (Wildman–Crippen MR) is 82.1 cm³/mol. The van der Waals surface area contributed by atoms with E-state index >= 15 is 0 Å². The molecular formula is C15H17N3O4. The van der Waals surface area contributed by atoms with Crippen LogP contribution in [0, 0.1) is 17.0 Å². The molecule has 0 spiro atoms. The van der Waals surface area contributed by atoms with E-state index in [4.69, 9.17) is 4.74 Å². The molecule has 0 radical (unpaired) electrons. The minimum absolute atomic E-state index is 0.0804. The molecular weight excluding hydrogens is 286 g/mol. The Morgan fingerprint density at radius 3 is 2.95 bits per heavy atom. The molecule has 0 unspecified atom stereocenters. The molecule has 7 heteroatoms. The Morgan fingerprint density at radius 2 is 2.23 bits per heavy atom. The smallest absolute Gasteiger partial charge is 0.311 e. The van der Waals surface area contributed by atoms with Crippen LogP contribution < -0.4 is 10.1 Å². The summed E-state index contributed by atoms with van der Waals surface area (Å²) in [6, 6.07) is 10.3. The molecule has 1 aromatic heterocycles. The first-order chi connectivity index (χ1) is 10.6. The lowest BCUT2D eigenvalue weighted by molar-refractivity contribution is -0.384. The quantitative estimate of drug-likeness (QED) is 0.601. The summed E-state index contributed by atoms with van der Waals surface area (Å²) < 4.78 is 5.47. The molecule has 0 amide bonds. The SMILES string of the molecule is Cc1cccc(OC[C@H](O)CNc2ncccc2[N+](=O)[O-])c1. The van der Waals surface area contributed by atoms with Gasteiger partial charge in [0.25, 0.3) is 0 Å². The number of nitrogens with one attached hydrogen (secondary N) is 1. The number of nitro groups is 1. The molecule has 0 saturated heterocycles. The van der Waals surface area contributed by atoms with Crippen LogP contribution in [0.25, 0.3) is 0 Å². The van der Waals surface area contributed by atoms with Crippen LogP contribution in [-0.4, -0.2) is 34.3 Å². The molecule has 1 aromatic carbocycles. The van der Waals surface area contributed by atoms with Gasteiger partial charge in [0.15, 0.2) is 0 Å². The van der Waals surface area contributed by atoms with Gasteiger partial charge in [-0.05, 0) is 30.7 Å². The highest BCUT2D eigenvalue weighted by Crippen LogP contribution is 2.20. The van der Waals surface area contributed by atoms with Crippen molar-refractivity contribution in [1.82, 2.24) is 4.98 Å². The van der Waals surface area contributed by atoms with E-state index in [-0.39, 0.29) is 24.7 Å². The summed E-state index contributed by atoms with van der Waals surface area (Å²) in [7, 11) is 0. The normalized spacial score (nSPS) is 11.7. The van der Waals surface area contributed by atoms with Crippen molar-refractivity contribution >= 4 is 11.5 Å². The Bertz CT molecular complexity index is 648. The van der Waals surface area contributed by atoms with E-state index in [0.717, 1.165) is 5.56 Å². The van der Waals surface area contributed by atoms with Crippen LogP contribution in [0.3, 0.4) is 0 Å². The molecule has 0 saturated carbocycles. The molecule has 2 rings (SSSR count). The topological polar surface area (TPSA) is 97.5 Å². The minimum Gasteiger partial charge on any atom is -0.491 e. The van der Waals surface area contributed by atoms with Crippen molar-refractivity contribution in [2.45, 2.75) is 13.0 Å². The minimum atomic E-state index is -0.817. The lowest BCUT2D eigenvalue weighted by Crippen LogP contribution is -2.26. The number of aromatic nitrogens is 1. The highest BCUT2D eigenvalue weighted by atomic mass is 16.6. The van der Waals surface area contributed by atoms with Crippen LogP contribution in [0.4, 0.5) is 11.5 Å². The Labute approximate surface area is 127 Å². The van der Waals surface area contributed by atoms with E-state index in [0.29, 0.717) is 5.75 Å². The third-order valence-electron chi connectivity index (χ3n) is 2.92. The van der Waals surface area contributed by atoms with Gasteiger partial charge in [0.1, 0.15) is 18.5 Å². The zero-order valence-electron chi connectivity index (χ0n) is 12.1. The lowest BCUT2D eigenvalue weighted by Gasteiger charge is -2.13. The first kappa shape index (κ1) is 15.7. The molecule has 1 atom stereocenters. The van der Waals surface area contributed by atoms with Crippen molar-refractivity contribution in [3.63, 3.8) is 0 Å². The summed E-state index contributed by atoms with van der Waals surface area (Å²) in [4.78, 5) is 14.2.